The van der Waals surface area contributed by atoms with Gasteiger partial charge in [0.1, 0.15) is 11.5 Å². The minimum atomic E-state index is -4.45. The first kappa shape index (κ1) is 19.4. The molecule has 3 aromatic rings. The molecule has 0 atom stereocenters. The lowest BCUT2D eigenvalue weighted by Gasteiger charge is -2.06. The number of furan rings is 1. The SMILES string of the molecule is Cc1cc(-c2nnc(COC(=O)/C=C/c3cccc(C(F)(F)F)c3)o2)c(C)o1. The van der Waals surface area contributed by atoms with Gasteiger partial charge in [-0.3, -0.25) is 0 Å². The van der Waals surface area contributed by atoms with Crippen LogP contribution in [0.4, 0.5) is 13.2 Å². The van der Waals surface area contributed by atoms with Gasteiger partial charge in [0.15, 0.2) is 6.61 Å². The van der Waals surface area contributed by atoms with Gasteiger partial charge in [-0.1, -0.05) is 12.1 Å². The monoisotopic (exact) mass is 392 g/mol. The van der Waals surface area contributed by atoms with Gasteiger partial charge in [0.25, 0.3) is 11.8 Å². The fourth-order valence-corrected chi connectivity index (χ4v) is 2.43. The van der Waals surface area contributed by atoms with E-state index in [1.807, 2.05) is 0 Å². The molecule has 0 spiro atoms. The number of esters is 1. The van der Waals surface area contributed by atoms with Gasteiger partial charge >= 0.3 is 12.1 Å². The predicted octanol–water partition coefficient (Wildman–Crippen LogP) is 4.72. The summed E-state index contributed by atoms with van der Waals surface area (Å²) in [5, 5.41) is 7.66. The molecule has 28 heavy (non-hydrogen) atoms. The summed E-state index contributed by atoms with van der Waals surface area (Å²) in [4.78, 5) is 11.8. The number of alkyl halides is 3. The summed E-state index contributed by atoms with van der Waals surface area (Å²) in [6.07, 6.45) is -2.20. The normalized spacial score (nSPS) is 11.9. The Hall–Kier alpha value is -3.36. The minimum Gasteiger partial charge on any atom is -0.466 e. The largest absolute Gasteiger partial charge is 0.466 e. The van der Waals surface area contributed by atoms with Crippen molar-refractivity contribution in [3.8, 4) is 11.5 Å². The predicted molar refractivity (Wildman–Crippen MR) is 91.7 cm³/mol. The third-order valence-corrected chi connectivity index (χ3v) is 3.70. The van der Waals surface area contributed by atoms with E-state index in [1.54, 1.807) is 19.9 Å². The van der Waals surface area contributed by atoms with E-state index in [0.717, 1.165) is 18.2 Å². The van der Waals surface area contributed by atoms with Gasteiger partial charge in [-0.05, 0) is 43.7 Å². The van der Waals surface area contributed by atoms with Crippen LogP contribution in [-0.4, -0.2) is 16.2 Å². The van der Waals surface area contributed by atoms with Gasteiger partial charge in [0.05, 0.1) is 11.1 Å². The lowest BCUT2D eigenvalue weighted by atomic mass is 10.1. The van der Waals surface area contributed by atoms with E-state index in [1.165, 1.54) is 18.2 Å². The maximum atomic E-state index is 12.7. The van der Waals surface area contributed by atoms with Crippen molar-refractivity contribution in [2.45, 2.75) is 26.6 Å². The van der Waals surface area contributed by atoms with Crippen LogP contribution in [0.3, 0.4) is 0 Å². The third-order valence-electron chi connectivity index (χ3n) is 3.70. The first-order chi connectivity index (χ1) is 13.2. The second-order valence-corrected chi connectivity index (χ2v) is 5.89. The Balaban J connectivity index is 1.59. The Bertz CT molecular complexity index is 1020. The molecule has 0 bridgehead atoms. The molecule has 0 aliphatic carbocycles. The number of hydrogen-bond acceptors (Lipinski definition) is 6. The first-order valence-electron chi connectivity index (χ1n) is 8.14. The maximum Gasteiger partial charge on any atom is 0.416 e. The zero-order valence-corrected chi connectivity index (χ0v) is 14.9. The average molecular weight is 392 g/mol. The molecule has 0 N–H and O–H groups in total. The van der Waals surface area contributed by atoms with Crippen molar-refractivity contribution in [1.29, 1.82) is 0 Å². The van der Waals surface area contributed by atoms with Gasteiger partial charge in [-0.15, -0.1) is 10.2 Å². The molecule has 2 aromatic heterocycles. The van der Waals surface area contributed by atoms with E-state index in [2.05, 4.69) is 10.2 Å². The van der Waals surface area contributed by atoms with E-state index in [-0.39, 0.29) is 24.0 Å². The standard InChI is InChI=1S/C19H15F3N2O4/c1-11-8-15(12(2)27-11)18-24-23-16(28-18)10-26-17(25)7-6-13-4-3-5-14(9-13)19(20,21)22/h3-9H,10H2,1-2H3/b7-6+. The maximum absolute atomic E-state index is 12.7. The number of aryl methyl sites for hydroxylation is 2. The van der Waals surface area contributed by atoms with E-state index >= 15 is 0 Å². The van der Waals surface area contributed by atoms with Gasteiger partial charge in [0.2, 0.25) is 0 Å². The number of aromatic nitrogens is 2. The number of benzene rings is 1. The topological polar surface area (TPSA) is 78.4 Å². The molecule has 1 aromatic carbocycles. The smallest absolute Gasteiger partial charge is 0.416 e. The highest BCUT2D eigenvalue weighted by Crippen LogP contribution is 2.29. The molecule has 2 heterocycles. The van der Waals surface area contributed by atoms with Crippen LogP contribution >= 0.6 is 0 Å². The van der Waals surface area contributed by atoms with Crippen molar-refractivity contribution in [1.82, 2.24) is 10.2 Å². The van der Waals surface area contributed by atoms with E-state index in [9.17, 15) is 18.0 Å². The third kappa shape index (κ3) is 4.67. The quantitative estimate of drug-likeness (QED) is 0.462. The molecule has 0 aliphatic rings. The Morgan fingerprint density at radius 2 is 1.96 bits per heavy atom. The number of nitrogens with zero attached hydrogens (tertiary/aromatic N) is 2. The summed E-state index contributed by atoms with van der Waals surface area (Å²) in [6.45, 7) is 3.27. The van der Waals surface area contributed by atoms with Gasteiger partial charge in [-0.2, -0.15) is 13.2 Å². The van der Waals surface area contributed by atoms with Crippen molar-refractivity contribution in [3.63, 3.8) is 0 Å². The molecular formula is C19H15F3N2O4. The Morgan fingerprint density at radius 3 is 2.64 bits per heavy atom. The van der Waals surface area contributed by atoms with E-state index in [4.69, 9.17) is 13.6 Å². The molecule has 0 radical (unpaired) electrons. The fourth-order valence-electron chi connectivity index (χ4n) is 2.43. The molecule has 0 fully saturated rings. The summed E-state index contributed by atoms with van der Waals surface area (Å²) in [7, 11) is 0. The van der Waals surface area contributed by atoms with Crippen LogP contribution in [0.1, 0.15) is 28.5 Å². The molecule has 6 nitrogen and oxygen atoms in total. The molecule has 0 saturated heterocycles. The number of halogens is 3. The summed E-state index contributed by atoms with van der Waals surface area (Å²) in [6, 6.07) is 6.33. The molecule has 9 heteroatoms. The molecule has 146 valence electrons. The molecule has 0 unspecified atom stereocenters. The lowest BCUT2D eigenvalue weighted by Crippen LogP contribution is -2.04. The van der Waals surface area contributed by atoms with Crippen molar-refractivity contribution < 1.29 is 31.5 Å². The number of hydrogen-bond donors (Lipinski definition) is 0. The Labute approximate surface area is 157 Å². The highest BCUT2D eigenvalue weighted by atomic mass is 19.4. The number of rotatable bonds is 5. The van der Waals surface area contributed by atoms with E-state index in [0.29, 0.717) is 17.1 Å². The summed E-state index contributed by atoms with van der Waals surface area (Å²) < 4.78 is 53.8. The molecular weight excluding hydrogens is 377 g/mol. The Morgan fingerprint density at radius 1 is 1.18 bits per heavy atom. The number of carbonyl (C=O) groups is 1. The molecule has 0 saturated carbocycles. The Kier molecular flexibility index (Phi) is 5.34. The number of carbonyl (C=O) groups excluding carboxylic acids is 1. The van der Waals surface area contributed by atoms with Crippen LogP contribution in [0.15, 0.2) is 45.2 Å². The second kappa shape index (κ2) is 7.71. The van der Waals surface area contributed by atoms with Crippen LogP contribution in [0.5, 0.6) is 0 Å². The number of ether oxygens (including phenoxy) is 1. The summed E-state index contributed by atoms with van der Waals surface area (Å²) in [5.74, 6) is 0.869. The molecule has 3 rings (SSSR count). The minimum absolute atomic E-state index is 0.0778. The van der Waals surface area contributed by atoms with Crippen LogP contribution < -0.4 is 0 Å². The van der Waals surface area contributed by atoms with Crippen molar-refractivity contribution >= 4 is 12.0 Å². The lowest BCUT2D eigenvalue weighted by molar-refractivity contribution is -0.139. The second-order valence-electron chi connectivity index (χ2n) is 5.89. The molecule has 0 amide bonds. The van der Waals surface area contributed by atoms with E-state index < -0.39 is 17.7 Å². The highest BCUT2D eigenvalue weighted by molar-refractivity contribution is 5.87. The van der Waals surface area contributed by atoms with Gasteiger partial charge in [0, 0.05) is 6.08 Å². The van der Waals surface area contributed by atoms with Crippen LogP contribution in [0.25, 0.3) is 17.5 Å². The molecule has 0 aliphatic heterocycles. The highest BCUT2D eigenvalue weighted by Gasteiger charge is 2.30. The van der Waals surface area contributed by atoms with Crippen LogP contribution in [0.2, 0.25) is 0 Å². The zero-order valence-electron chi connectivity index (χ0n) is 14.9. The van der Waals surface area contributed by atoms with Gasteiger partial charge < -0.3 is 13.6 Å². The summed E-state index contributed by atoms with van der Waals surface area (Å²) in [5.41, 5.74) is 0.0656. The summed E-state index contributed by atoms with van der Waals surface area (Å²) >= 11 is 0. The van der Waals surface area contributed by atoms with Crippen LogP contribution in [-0.2, 0) is 22.3 Å². The zero-order chi connectivity index (χ0) is 20.3. The van der Waals surface area contributed by atoms with Crippen LogP contribution in [0, 0.1) is 13.8 Å². The van der Waals surface area contributed by atoms with Crippen molar-refractivity contribution in [2.75, 3.05) is 0 Å². The van der Waals surface area contributed by atoms with Crippen molar-refractivity contribution in [2.24, 2.45) is 0 Å². The van der Waals surface area contributed by atoms with Crippen molar-refractivity contribution in [3.05, 3.63) is 64.9 Å². The fraction of sp³-hybridized carbons (Fsp3) is 0.211. The average Bonchev–Trinajstić information content (AvgIpc) is 3.23. The first-order valence-corrected chi connectivity index (χ1v) is 8.14. The van der Waals surface area contributed by atoms with Gasteiger partial charge in [-0.25, -0.2) is 4.79 Å².